The quantitative estimate of drug-likeness (QED) is 0.563. The monoisotopic (exact) mass is 389 g/mol. The molecule has 0 aliphatic rings. The van der Waals surface area contributed by atoms with E-state index in [0.29, 0.717) is 34.2 Å². The molecule has 146 valence electrons. The van der Waals surface area contributed by atoms with Gasteiger partial charge in [-0.3, -0.25) is 4.79 Å². The summed E-state index contributed by atoms with van der Waals surface area (Å²) in [5.74, 6) is 1.53. The van der Waals surface area contributed by atoms with Crippen molar-refractivity contribution in [3.63, 3.8) is 0 Å². The van der Waals surface area contributed by atoms with Crippen molar-refractivity contribution in [2.45, 2.75) is 6.92 Å². The molecule has 0 fully saturated rings. The van der Waals surface area contributed by atoms with Crippen LogP contribution >= 0.6 is 0 Å². The van der Waals surface area contributed by atoms with Crippen LogP contribution in [0.25, 0.3) is 16.9 Å². The van der Waals surface area contributed by atoms with E-state index in [1.807, 2.05) is 43.3 Å². The Bertz CT molecular complexity index is 1180. The summed E-state index contributed by atoms with van der Waals surface area (Å²) in [4.78, 5) is 12.7. The molecule has 8 nitrogen and oxygen atoms in total. The van der Waals surface area contributed by atoms with E-state index >= 15 is 0 Å². The third kappa shape index (κ3) is 3.73. The number of carbonyl (C=O) groups excluding carboxylic acids is 1. The second-order valence-electron chi connectivity index (χ2n) is 6.37. The number of hydrogen-bond acceptors (Lipinski definition) is 6. The Morgan fingerprint density at radius 3 is 2.45 bits per heavy atom. The van der Waals surface area contributed by atoms with Crippen LogP contribution in [0.1, 0.15) is 16.2 Å². The molecule has 0 aliphatic heterocycles. The third-order valence-electron chi connectivity index (χ3n) is 4.45. The molecule has 8 heteroatoms. The van der Waals surface area contributed by atoms with E-state index in [2.05, 4.69) is 20.6 Å². The van der Waals surface area contributed by atoms with Crippen molar-refractivity contribution < 1.29 is 14.3 Å². The highest BCUT2D eigenvalue weighted by atomic mass is 16.5. The zero-order chi connectivity index (χ0) is 20.4. The fourth-order valence-electron chi connectivity index (χ4n) is 2.95. The van der Waals surface area contributed by atoms with Gasteiger partial charge in [0.2, 0.25) is 0 Å². The van der Waals surface area contributed by atoms with Crippen LogP contribution in [0.3, 0.4) is 0 Å². The summed E-state index contributed by atoms with van der Waals surface area (Å²) in [5.41, 5.74) is 3.38. The number of aromatic nitrogens is 4. The third-order valence-corrected chi connectivity index (χ3v) is 4.45. The minimum atomic E-state index is -0.266. The SMILES string of the molecule is COc1cc(OC)cc(C(=O)Nc2cccc(-c3ccc4nnc(C)n4n3)c2)c1. The molecule has 2 heterocycles. The number of hydrogen-bond donors (Lipinski definition) is 1. The van der Waals surface area contributed by atoms with Crippen molar-refractivity contribution in [3.8, 4) is 22.8 Å². The second kappa shape index (κ2) is 7.59. The van der Waals surface area contributed by atoms with E-state index in [9.17, 15) is 4.79 Å². The van der Waals surface area contributed by atoms with Crippen molar-refractivity contribution in [2.75, 3.05) is 19.5 Å². The maximum absolute atomic E-state index is 12.7. The summed E-state index contributed by atoms with van der Waals surface area (Å²) < 4.78 is 12.1. The van der Waals surface area contributed by atoms with Gasteiger partial charge >= 0.3 is 0 Å². The Hall–Kier alpha value is -3.94. The fraction of sp³-hybridized carbons (Fsp3) is 0.143. The Labute approximate surface area is 167 Å². The van der Waals surface area contributed by atoms with Crippen LogP contribution in [0, 0.1) is 6.92 Å². The molecule has 0 aliphatic carbocycles. The lowest BCUT2D eigenvalue weighted by molar-refractivity contribution is 0.102. The smallest absolute Gasteiger partial charge is 0.255 e. The van der Waals surface area contributed by atoms with Crippen molar-refractivity contribution in [3.05, 3.63) is 66.0 Å². The molecule has 0 atom stereocenters. The highest BCUT2D eigenvalue weighted by Gasteiger charge is 2.12. The lowest BCUT2D eigenvalue weighted by Crippen LogP contribution is -2.12. The minimum absolute atomic E-state index is 0.266. The lowest BCUT2D eigenvalue weighted by Gasteiger charge is -2.10. The predicted molar refractivity (Wildman–Crippen MR) is 108 cm³/mol. The molecule has 0 radical (unpaired) electrons. The fourth-order valence-corrected chi connectivity index (χ4v) is 2.95. The van der Waals surface area contributed by atoms with Crippen molar-refractivity contribution in [1.82, 2.24) is 19.8 Å². The number of anilines is 1. The number of methoxy groups -OCH3 is 2. The highest BCUT2D eigenvalue weighted by Crippen LogP contribution is 2.25. The average Bonchev–Trinajstić information content (AvgIpc) is 3.13. The maximum atomic E-state index is 12.7. The number of benzene rings is 2. The number of rotatable bonds is 5. The van der Waals surface area contributed by atoms with Crippen molar-refractivity contribution >= 4 is 17.2 Å². The molecule has 0 saturated carbocycles. The van der Waals surface area contributed by atoms with Gasteiger partial charge in [-0.1, -0.05) is 12.1 Å². The van der Waals surface area contributed by atoms with Gasteiger partial charge in [0.25, 0.3) is 5.91 Å². The van der Waals surface area contributed by atoms with Crippen LogP contribution in [0.5, 0.6) is 11.5 Å². The van der Waals surface area contributed by atoms with Gasteiger partial charge in [-0.15, -0.1) is 10.2 Å². The van der Waals surface area contributed by atoms with Crippen LogP contribution in [0.4, 0.5) is 5.69 Å². The first-order chi connectivity index (χ1) is 14.1. The molecule has 2 aromatic heterocycles. The Balaban J connectivity index is 1.62. The largest absolute Gasteiger partial charge is 0.497 e. The number of nitrogens with one attached hydrogen (secondary N) is 1. The molecule has 0 bridgehead atoms. The standard InChI is InChI=1S/C21H19N5O3/c1-13-23-24-20-8-7-19(25-26(13)20)14-5-4-6-16(9-14)22-21(27)15-10-17(28-2)12-18(11-15)29-3/h4-12H,1-3H3,(H,22,27). The van der Waals surface area contributed by atoms with Crippen LogP contribution < -0.4 is 14.8 Å². The van der Waals surface area contributed by atoms with E-state index in [0.717, 1.165) is 11.3 Å². The highest BCUT2D eigenvalue weighted by molar-refractivity contribution is 6.05. The van der Waals surface area contributed by atoms with Crippen LogP contribution in [-0.4, -0.2) is 39.9 Å². The van der Waals surface area contributed by atoms with Gasteiger partial charge in [0, 0.05) is 22.9 Å². The maximum Gasteiger partial charge on any atom is 0.255 e. The summed E-state index contributed by atoms with van der Waals surface area (Å²) in [6.45, 7) is 1.84. The van der Waals surface area contributed by atoms with E-state index in [-0.39, 0.29) is 5.91 Å². The molecule has 0 spiro atoms. The molecule has 2 aromatic carbocycles. The molecule has 4 rings (SSSR count). The average molecular weight is 389 g/mol. The Kier molecular flexibility index (Phi) is 4.82. The van der Waals surface area contributed by atoms with Gasteiger partial charge < -0.3 is 14.8 Å². The van der Waals surface area contributed by atoms with Crippen molar-refractivity contribution in [1.29, 1.82) is 0 Å². The molecule has 1 amide bonds. The normalized spacial score (nSPS) is 10.7. The first-order valence-corrected chi connectivity index (χ1v) is 8.91. The van der Waals surface area contributed by atoms with Crippen molar-refractivity contribution in [2.24, 2.45) is 0 Å². The predicted octanol–water partition coefficient (Wildman–Crippen LogP) is 3.37. The molecule has 0 unspecified atom stereocenters. The zero-order valence-electron chi connectivity index (χ0n) is 16.2. The number of amides is 1. The second-order valence-corrected chi connectivity index (χ2v) is 6.37. The number of nitrogens with zero attached hydrogens (tertiary/aromatic N) is 4. The molecule has 1 N–H and O–H groups in total. The van der Waals surface area contributed by atoms with Crippen LogP contribution in [-0.2, 0) is 0 Å². The van der Waals surface area contributed by atoms with Gasteiger partial charge in [0.1, 0.15) is 11.5 Å². The summed E-state index contributed by atoms with van der Waals surface area (Å²) in [5, 5.41) is 15.5. The lowest BCUT2D eigenvalue weighted by atomic mass is 10.1. The van der Waals surface area contributed by atoms with Gasteiger partial charge in [0.05, 0.1) is 19.9 Å². The Morgan fingerprint density at radius 2 is 1.72 bits per heavy atom. The topological polar surface area (TPSA) is 90.6 Å². The molecular weight excluding hydrogens is 370 g/mol. The summed E-state index contributed by atoms with van der Waals surface area (Å²) >= 11 is 0. The van der Waals surface area contributed by atoms with Gasteiger partial charge in [-0.2, -0.15) is 9.61 Å². The van der Waals surface area contributed by atoms with Crippen LogP contribution in [0.15, 0.2) is 54.6 Å². The molecule has 4 aromatic rings. The Morgan fingerprint density at radius 1 is 0.966 bits per heavy atom. The summed E-state index contributed by atoms with van der Waals surface area (Å²) in [7, 11) is 3.09. The number of carbonyl (C=O) groups is 1. The molecule has 0 saturated heterocycles. The molecular formula is C21H19N5O3. The van der Waals surface area contributed by atoms with E-state index in [1.165, 1.54) is 0 Å². The van der Waals surface area contributed by atoms with E-state index in [4.69, 9.17) is 9.47 Å². The first-order valence-electron chi connectivity index (χ1n) is 8.91. The van der Waals surface area contributed by atoms with E-state index < -0.39 is 0 Å². The van der Waals surface area contributed by atoms with Gasteiger partial charge in [-0.05, 0) is 43.3 Å². The number of ether oxygens (including phenoxy) is 2. The number of aryl methyl sites for hydroxylation is 1. The first kappa shape index (κ1) is 18.4. The summed E-state index contributed by atoms with van der Waals surface area (Å²) in [6.07, 6.45) is 0. The zero-order valence-corrected chi connectivity index (χ0v) is 16.2. The van der Waals surface area contributed by atoms with Gasteiger partial charge in [-0.25, -0.2) is 0 Å². The number of fused-ring (bicyclic) bond motifs is 1. The molecule has 29 heavy (non-hydrogen) atoms. The minimum Gasteiger partial charge on any atom is -0.497 e. The summed E-state index contributed by atoms with van der Waals surface area (Å²) in [6, 6.07) is 16.2. The van der Waals surface area contributed by atoms with Gasteiger partial charge in [0.15, 0.2) is 11.5 Å². The van der Waals surface area contributed by atoms with Crippen LogP contribution in [0.2, 0.25) is 0 Å². The van der Waals surface area contributed by atoms with E-state index in [1.54, 1.807) is 36.9 Å².